The Kier molecular flexibility index (Phi) is 6.63. The van der Waals surface area contributed by atoms with Crippen LogP contribution < -0.4 is 4.74 Å². The first-order valence-corrected chi connectivity index (χ1v) is 9.15. The fraction of sp³-hybridized carbons (Fsp3) is 0.238. The van der Waals surface area contributed by atoms with Crippen molar-refractivity contribution in [2.24, 2.45) is 0 Å². The predicted octanol–water partition coefficient (Wildman–Crippen LogP) is 3.33. The highest BCUT2D eigenvalue weighted by Crippen LogP contribution is 2.29. The third-order valence-corrected chi connectivity index (χ3v) is 4.60. The smallest absolute Gasteiger partial charge is 0.260 e. The number of benzene rings is 2. The molecule has 1 heterocycles. The van der Waals surface area contributed by atoms with Crippen molar-refractivity contribution in [3.8, 4) is 5.75 Å². The zero-order valence-electron chi connectivity index (χ0n) is 14.8. The number of ether oxygens (including phenoxy) is 1. The topological polar surface area (TPSA) is 62.7 Å². The maximum Gasteiger partial charge on any atom is 0.260 e. The minimum Gasteiger partial charge on any atom is -0.481 e. The maximum absolute atomic E-state index is 12.6. The highest BCUT2D eigenvalue weighted by atomic mass is 35.5. The summed E-state index contributed by atoms with van der Waals surface area (Å²) in [7, 11) is 0. The van der Waals surface area contributed by atoms with E-state index in [1.807, 2.05) is 36.4 Å². The van der Waals surface area contributed by atoms with E-state index in [-0.39, 0.29) is 25.7 Å². The van der Waals surface area contributed by atoms with Crippen molar-refractivity contribution in [3.63, 3.8) is 0 Å². The van der Waals surface area contributed by atoms with Gasteiger partial charge in [0, 0.05) is 24.7 Å². The molecule has 0 saturated heterocycles. The number of fused-ring (bicyclic) bond motifs is 1. The lowest BCUT2D eigenvalue weighted by Gasteiger charge is -2.22. The summed E-state index contributed by atoms with van der Waals surface area (Å²) in [5.41, 5.74) is 1.76. The Morgan fingerprint density at radius 2 is 1.89 bits per heavy atom. The van der Waals surface area contributed by atoms with Crippen LogP contribution >= 0.6 is 11.6 Å². The van der Waals surface area contributed by atoms with Gasteiger partial charge in [-0.15, -0.1) is 0 Å². The van der Waals surface area contributed by atoms with Crippen molar-refractivity contribution in [1.29, 1.82) is 0 Å². The van der Waals surface area contributed by atoms with Gasteiger partial charge in [0.15, 0.2) is 6.61 Å². The van der Waals surface area contributed by atoms with E-state index in [0.717, 1.165) is 17.4 Å². The lowest BCUT2D eigenvalue weighted by molar-refractivity contribution is -0.133. The predicted molar refractivity (Wildman–Crippen MR) is 106 cm³/mol. The normalized spacial score (nSPS) is 10.7. The minimum atomic E-state index is -0.181. The van der Waals surface area contributed by atoms with Crippen LogP contribution in [0.1, 0.15) is 5.56 Å². The van der Waals surface area contributed by atoms with E-state index < -0.39 is 0 Å². The maximum atomic E-state index is 12.6. The number of pyridine rings is 1. The molecular weight excluding hydrogens is 364 g/mol. The Hall–Kier alpha value is -2.63. The molecule has 1 amide bonds. The molecule has 0 spiro atoms. The van der Waals surface area contributed by atoms with Crippen LogP contribution in [0.2, 0.25) is 5.02 Å². The number of hydrogen-bond donors (Lipinski definition) is 1. The third-order valence-electron chi connectivity index (χ3n) is 4.27. The molecule has 0 aliphatic heterocycles. The van der Waals surface area contributed by atoms with Crippen molar-refractivity contribution >= 4 is 28.4 Å². The van der Waals surface area contributed by atoms with E-state index in [0.29, 0.717) is 22.8 Å². The number of hydrogen-bond acceptors (Lipinski definition) is 4. The van der Waals surface area contributed by atoms with Gasteiger partial charge >= 0.3 is 0 Å². The monoisotopic (exact) mass is 384 g/mol. The SMILES string of the molecule is O=C(COc1ccc(Cl)c2cccnc12)N(CCO)CCc1ccccc1. The summed E-state index contributed by atoms with van der Waals surface area (Å²) in [5, 5.41) is 10.6. The number of carbonyl (C=O) groups is 1. The highest BCUT2D eigenvalue weighted by Gasteiger charge is 2.15. The number of rotatable bonds is 8. The van der Waals surface area contributed by atoms with Gasteiger partial charge in [-0.05, 0) is 36.2 Å². The molecule has 3 aromatic rings. The average Bonchev–Trinajstić information content (AvgIpc) is 2.71. The number of carbonyl (C=O) groups excluding carboxylic acids is 1. The first-order chi connectivity index (χ1) is 13.2. The van der Waals surface area contributed by atoms with Crippen molar-refractivity contribution in [3.05, 3.63) is 71.4 Å². The second-order valence-corrected chi connectivity index (χ2v) is 6.48. The third kappa shape index (κ3) is 4.96. The van der Waals surface area contributed by atoms with Crippen LogP contribution in [0.3, 0.4) is 0 Å². The van der Waals surface area contributed by atoms with Gasteiger partial charge in [0.2, 0.25) is 0 Å². The zero-order chi connectivity index (χ0) is 19.1. The number of amides is 1. The number of aliphatic hydroxyl groups is 1. The van der Waals surface area contributed by atoms with Gasteiger partial charge in [-0.25, -0.2) is 0 Å². The molecule has 0 radical (unpaired) electrons. The van der Waals surface area contributed by atoms with Crippen molar-refractivity contribution in [2.75, 3.05) is 26.3 Å². The minimum absolute atomic E-state index is 0.0913. The fourth-order valence-electron chi connectivity index (χ4n) is 2.85. The van der Waals surface area contributed by atoms with E-state index in [4.69, 9.17) is 16.3 Å². The van der Waals surface area contributed by atoms with Crippen LogP contribution in [0, 0.1) is 0 Å². The van der Waals surface area contributed by atoms with Crippen LogP contribution in [-0.2, 0) is 11.2 Å². The summed E-state index contributed by atoms with van der Waals surface area (Å²) in [5.74, 6) is 0.328. The molecule has 3 rings (SSSR count). The lowest BCUT2D eigenvalue weighted by Crippen LogP contribution is -2.38. The molecule has 5 nitrogen and oxygen atoms in total. The molecule has 140 valence electrons. The molecule has 27 heavy (non-hydrogen) atoms. The van der Waals surface area contributed by atoms with E-state index in [2.05, 4.69) is 4.98 Å². The van der Waals surface area contributed by atoms with Gasteiger partial charge in [-0.3, -0.25) is 9.78 Å². The Bertz CT molecular complexity index is 902. The summed E-state index contributed by atoms with van der Waals surface area (Å²) in [6, 6.07) is 17.0. The van der Waals surface area contributed by atoms with E-state index >= 15 is 0 Å². The first-order valence-electron chi connectivity index (χ1n) is 8.77. The summed E-state index contributed by atoms with van der Waals surface area (Å²) in [6.45, 7) is 0.578. The number of halogens is 1. The molecule has 0 atom stereocenters. The molecule has 0 aliphatic rings. The van der Waals surface area contributed by atoms with Crippen molar-refractivity contribution in [2.45, 2.75) is 6.42 Å². The van der Waals surface area contributed by atoms with E-state index in [1.165, 1.54) is 0 Å². The quantitative estimate of drug-likeness (QED) is 0.647. The van der Waals surface area contributed by atoms with Gasteiger partial charge in [0.1, 0.15) is 11.3 Å². The largest absolute Gasteiger partial charge is 0.481 e. The van der Waals surface area contributed by atoms with Crippen LogP contribution in [0.4, 0.5) is 0 Å². The zero-order valence-corrected chi connectivity index (χ0v) is 15.6. The fourth-order valence-corrected chi connectivity index (χ4v) is 3.07. The molecule has 2 aromatic carbocycles. The highest BCUT2D eigenvalue weighted by molar-refractivity contribution is 6.35. The van der Waals surface area contributed by atoms with Crippen molar-refractivity contribution < 1.29 is 14.6 Å². The van der Waals surface area contributed by atoms with Gasteiger partial charge in [0.25, 0.3) is 5.91 Å². The van der Waals surface area contributed by atoms with Crippen LogP contribution in [0.15, 0.2) is 60.8 Å². The van der Waals surface area contributed by atoms with E-state index in [9.17, 15) is 9.90 Å². The second-order valence-electron chi connectivity index (χ2n) is 6.07. The van der Waals surface area contributed by atoms with Gasteiger partial charge in [-0.1, -0.05) is 41.9 Å². The molecule has 0 saturated carbocycles. The van der Waals surface area contributed by atoms with Crippen LogP contribution in [0.5, 0.6) is 5.75 Å². The summed E-state index contributed by atoms with van der Waals surface area (Å²) in [6.07, 6.45) is 2.38. The van der Waals surface area contributed by atoms with Crippen molar-refractivity contribution in [1.82, 2.24) is 9.88 Å². The molecule has 0 aliphatic carbocycles. The Morgan fingerprint density at radius 3 is 2.67 bits per heavy atom. The number of aliphatic hydroxyl groups excluding tert-OH is 1. The van der Waals surface area contributed by atoms with Crippen LogP contribution in [0.25, 0.3) is 10.9 Å². The molecule has 0 bridgehead atoms. The molecule has 1 aromatic heterocycles. The Balaban J connectivity index is 1.65. The molecule has 0 fully saturated rings. The molecule has 6 heteroatoms. The standard InChI is InChI=1S/C21H21ClN2O3/c22-18-8-9-19(21-17(18)7-4-11-23-21)27-15-20(26)24(13-14-25)12-10-16-5-2-1-3-6-16/h1-9,11,25H,10,12-15H2. The molecule has 0 unspecified atom stereocenters. The van der Waals surface area contributed by atoms with E-state index in [1.54, 1.807) is 29.3 Å². The second kappa shape index (κ2) is 9.35. The first kappa shape index (κ1) is 19.1. The summed E-state index contributed by atoms with van der Waals surface area (Å²) >= 11 is 6.18. The Labute approximate surface area is 163 Å². The molecular formula is C21H21ClN2O3. The Morgan fingerprint density at radius 1 is 1.07 bits per heavy atom. The summed E-state index contributed by atoms with van der Waals surface area (Å²) in [4.78, 5) is 18.5. The lowest BCUT2D eigenvalue weighted by atomic mass is 10.1. The van der Waals surface area contributed by atoms with Gasteiger partial charge in [-0.2, -0.15) is 0 Å². The van der Waals surface area contributed by atoms with Gasteiger partial charge in [0.05, 0.1) is 11.6 Å². The van der Waals surface area contributed by atoms with Gasteiger partial charge < -0.3 is 14.7 Å². The number of aromatic nitrogens is 1. The summed E-state index contributed by atoms with van der Waals surface area (Å²) < 4.78 is 5.72. The average molecular weight is 385 g/mol. The van der Waals surface area contributed by atoms with Crippen LogP contribution in [-0.4, -0.2) is 47.2 Å². The number of nitrogens with zero attached hydrogens (tertiary/aromatic N) is 2. The molecule has 1 N–H and O–H groups in total.